The molecule has 3 N–H and O–H groups in total. The minimum atomic E-state index is -3.39. The van der Waals surface area contributed by atoms with Gasteiger partial charge in [-0.05, 0) is 23.8 Å². The lowest BCUT2D eigenvalue weighted by molar-refractivity contribution is -0.0711. The van der Waals surface area contributed by atoms with Gasteiger partial charge in [0.05, 0.1) is 6.04 Å². The number of aliphatic hydroxyl groups excluding tert-OH is 1. The first-order chi connectivity index (χ1) is 6.86. The average molecular weight is 256 g/mol. The molecule has 1 rings (SSSR count). The highest BCUT2D eigenvalue weighted by Gasteiger charge is 2.37. The fraction of sp³-hybridized carbons (Fsp3) is 0.333. The molecule has 0 amide bonds. The number of halogens is 4. The third kappa shape index (κ3) is 3.01. The van der Waals surface area contributed by atoms with E-state index in [0.29, 0.717) is 0 Å². The molecule has 0 bridgehead atoms. The maximum Gasteiger partial charge on any atom is 0.289 e. The lowest BCUT2D eigenvalue weighted by atomic mass is 10.0. The van der Waals surface area contributed by atoms with Gasteiger partial charge in [0.1, 0.15) is 6.61 Å². The zero-order chi connectivity index (χ0) is 11.6. The van der Waals surface area contributed by atoms with E-state index in [1.807, 2.05) is 0 Å². The lowest BCUT2D eigenvalue weighted by Crippen LogP contribution is -2.36. The monoisotopic (exact) mass is 255 g/mol. The van der Waals surface area contributed by atoms with Gasteiger partial charge in [0.2, 0.25) is 0 Å². The second-order valence-electron chi connectivity index (χ2n) is 3.10. The van der Waals surface area contributed by atoms with Crippen molar-refractivity contribution in [1.29, 1.82) is 0 Å². The van der Waals surface area contributed by atoms with Crippen molar-refractivity contribution in [3.05, 3.63) is 33.8 Å². The van der Waals surface area contributed by atoms with Crippen LogP contribution in [-0.2, 0) is 0 Å². The van der Waals surface area contributed by atoms with E-state index in [9.17, 15) is 8.78 Å². The Labute approximate surface area is 95.6 Å². The van der Waals surface area contributed by atoms with Gasteiger partial charge in [0, 0.05) is 10.0 Å². The second-order valence-corrected chi connectivity index (χ2v) is 3.97. The van der Waals surface area contributed by atoms with Gasteiger partial charge in [0.15, 0.2) is 0 Å². The second kappa shape index (κ2) is 4.61. The molecule has 84 valence electrons. The number of benzene rings is 1. The summed E-state index contributed by atoms with van der Waals surface area (Å²) in [7, 11) is 0. The molecule has 0 aliphatic rings. The predicted molar refractivity (Wildman–Crippen MR) is 55.4 cm³/mol. The van der Waals surface area contributed by atoms with Crippen LogP contribution in [0.4, 0.5) is 8.78 Å². The van der Waals surface area contributed by atoms with Gasteiger partial charge in [-0.15, -0.1) is 0 Å². The molecule has 0 fully saturated rings. The SMILES string of the molecule is N[C@H](c1cc(Cl)cc(Cl)c1)C(F)(F)CO. The number of alkyl halides is 2. The van der Waals surface area contributed by atoms with Crippen LogP contribution in [-0.4, -0.2) is 17.6 Å². The summed E-state index contributed by atoms with van der Waals surface area (Å²) in [4.78, 5) is 0. The minimum Gasteiger partial charge on any atom is -0.390 e. The van der Waals surface area contributed by atoms with Crippen molar-refractivity contribution >= 4 is 23.2 Å². The summed E-state index contributed by atoms with van der Waals surface area (Å²) >= 11 is 11.3. The van der Waals surface area contributed by atoms with E-state index in [1.165, 1.54) is 18.2 Å². The molecular weight excluding hydrogens is 247 g/mol. The Balaban J connectivity index is 3.06. The summed E-state index contributed by atoms with van der Waals surface area (Å²) < 4.78 is 26.1. The number of aliphatic hydroxyl groups is 1. The van der Waals surface area contributed by atoms with Gasteiger partial charge in [-0.3, -0.25) is 0 Å². The van der Waals surface area contributed by atoms with Crippen molar-refractivity contribution in [2.24, 2.45) is 5.73 Å². The number of hydrogen-bond acceptors (Lipinski definition) is 2. The van der Waals surface area contributed by atoms with Gasteiger partial charge in [-0.25, -0.2) is 8.78 Å². The summed E-state index contributed by atoms with van der Waals surface area (Å²) in [6, 6.07) is 2.37. The Morgan fingerprint density at radius 3 is 2.13 bits per heavy atom. The molecule has 0 saturated carbocycles. The van der Waals surface area contributed by atoms with Crippen molar-refractivity contribution in [3.63, 3.8) is 0 Å². The van der Waals surface area contributed by atoms with Crippen LogP contribution >= 0.6 is 23.2 Å². The molecule has 0 aromatic heterocycles. The molecule has 0 radical (unpaired) electrons. The van der Waals surface area contributed by atoms with Crippen LogP contribution in [0.15, 0.2) is 18.2 Å². The highest BCUT2D eigenvalue weighted by molar-refractivity contribution is 6.34. The Morgan fingerprint density at radius 2 is 1.73 bits per heavy atom. The molecule has 0 unspecified atom stereocenters. The third-order valence-electron chi connectivity index (χ3n) is 1.91. The zero-order valence-electron chi connectivity index (χ0n) is 7.55. The molecule has 1 aromatic carbocycles. The summed E-state index contributed by atoms with van der Waals surface area (Å²) in [5.41, 5.74) is 5.38. The zero-order valence-corrected chi connectivity index (χ0v) is 9.06. The van der Waals surface area contributed by atoms with Crippen molar-refractivity contribution in [1.82, 2.24) is 0 Å². The van der Waals surface area contributed by atoms with E-state index < -0.39 is 18.6 Å². The molecule has 2 nitrogen and oxygen atoms in total. The molecule has 0 saturated heterocycles. The first kappa shape index (κ1) is 12.6. The fourth-order valence-electron chi connectivity index (χ4n) is 1.10. The first-order valence-corrected chi connectivity index (χ1v) is 4.82. The largest absolute Gasteiger partial charge is 0.390 e. The summed E-state index contributed by atoms with van der Waals surface area (Å²) in [5, 5.41) is 8.92. The maximum atomic E-state index is 13.0. The number of rotatable bonds is 3. The van der Waals surface area contributed by atoms with E-state index in [-0.39, 0.29) is 15.6 Å². The molecule has 0 aliphatic carbocycles. The fourth-order valence-corrected chi connectivity index (χ4v) is 1.64. The van der Waals surface area contributed by atoms with Gasteiger partial charge in [-0.2, -0.15) is 0 Å². The molecular formula is C9H9Cl2F2NO. The van der Waals surface area contributed by atoms with Crippen molar-refractivity contribution < 1.29 is 13.9 Å². The van der Waals surface area contributed by atoms with Crippen LogP contribution in [0.5, 0.6) is 0 Å². The highest BCUT2D eigenvalue weighted by Crippen LogP contribution is 2.31. The van der Waals surface area contributed by atoms with Gasteiger partial charge in [-0.1, -0.05) is 23.2 Å². The molecule has 0 aliphatic heterocycles. The summed E-state index contributed by atoms with van der Waals surface area (Å²) in [5.74, 6) is -3.39. The third-order valence-corrected chi connectivity index (χ3v) is 2.35. The maximum absolute atomic E-state index is 13.0. The number of nitrogens with two attached hydrogens (primary N) is 1. The Morgan fingerprint density at radius 1 is 1.27 bits per heavy atom. The molecule has 0 heterocycles. The topological polar surface area (TPSA) is 46.2 Å². The molecule has 6 heteroatoms. The molecule has 0 spiro atoms. The quantitative estimate of drug-likeness (QED) is 0.873. The van der Waals surface area contributed by atoms with E-state index in [4.69, 9.17) is 34.0 Å². The van der Waals surface area contributed by atoms with Crippen LogP contribution in [0, 0.1) is 0 Å². The van der Waals surface area contributed by atoms with Crippen LogP contribution in [0.25, 0.3) is 0 Å². The van der Waals surface area contributed by atoms with Crippen LogP contribution in [0.2, 0.25) is 10.0 Å². The Bertz CT molecular complexity index is 340. The Kier molecular flexibility index (Phi) is 3.89. The van der Waals surface area contributed by atoms with Crippen LogP contribution in [0.1, 0.15) is 11.6 Å². The van der Waals surface area contributed by atoms with Crippen molar-refractivity contribution in [2.45, 2.75) is 12.0 Å². The summed E-state index contributed by atoms with van der Waals surface area (Å²) in [6.45, 7) is -1.32. The van der Waals surface area contributed by atoms with E-state index in [1.54, 1.807) is 0 Å². The van der Waals surface area contributed by atoms with E-state index in [2.05, 4.69) is 0 Å². The number of hydrogen-bond donors (Lipinski definition) is 2. The van der Waals surface area contributed by atoms with Crippen molar-refractivity contribution in [3.8, 4) is 0 Å². The van der Waals surface area contributed by atoms with Gasteiger partial charge in [0.25, 0.3) is 5.92 Å². The normalized spacial score (nSPS) is 14.0. The highest BCUT2D eigenvalue weighted by atomic mass is 35.5. The lowest BCUT2D eigenvalue weighted by Gasteiger charge is -2.21. The average Bonchev–Trinajstić information content (AvgIpc) is 2.15. The molecule has 1 aromatic rings. The van der Waals surface area contributed by atoms with Gasteiger partial charge >= 0.3 is 0 Å². The van der Waals surface area contributed by atoms with E-state index in [0.717, 1.165) is 0 Å². The van der Waals surface area contributed by atoms with Gasteiger partial charge < -0.3 is 10.8 Å². The summed E-state index contributed by atoms with van der Waals surface area (Å²) in [6.07, 6.45) is 0. The Hall–Kier alpha value is -0.420. The van der Waals surface area contributed by atoms with Crippen LogP contribution in [0.3, 0.4) is 0 Å². The smallest absolute Gasteiger partial charge is 0.289 e. The minimum absolute atomic E-state index is 0.0894. The first-order valence-electron chi connectivity index (χ1n) is 4.07. The van der Waals surface area contributed by atoms with E-state index >= 15 is 0 Å². The predicted octanol–water partition coefficient (Wildman–Crippen LogP) is 2.62. The van der Waals surface area contributed by atoms with Crippen LogP contribution < -0.4 is 5.73 Å². The standard InChI is InChI=1S/C9H9Cl2F2NO/c10-6-1-5(2-7(11)3-6)8(14)9(12,13)4-15/h1-3,8,15H,4,14H2/t8-/m1/s1. The van der Waals surface area contributed by atoms with Crippen molar-refractivity contribution in [2.75, 3.05) is 6.61 Å². The molecule has 1 atom stereocenters. The molecule has 15 heavy (non-hydrogen) atoms.